The molecule has 1 aliphatic carbocycles. The Morgan fingerprint density at radius 2 is 1.92 bits per heavy atom. The third-order valence-electron chi connectivity index (χ3n) is 5.49. The van der Waals surface area contributed by atoms with Crippen molar-refractivity contribution < 1.29 is 19.1 Å². The van der Waals surface area contributed by atoms with Gasteiger partial charge in [-0.3, -0.25) is 9.59 Å². The molecule has 3 aliphatic rings. The fraction of sp³-hybridized carbons (Fsp3) is 0.632. The molecule has 0 radical (unpaired) electrons. The molecule has 2 saturated heterocycles. The number of amides is 2. The van der Waals surface area contributed by atoms with Gasteiger partial charge in [0, 0.05) is 38.2 Å². The van der Waals surface area contributed by atoms with E-state index in [0.717, 1.165) is 32.2 Å². The molecule has 140 valence electrons. The van der Waals surface area contributed by atoms with Crippen molar-refractivity contribution in [1.82, 2.24) is 14.8 Å². The molecule has 7 heteroatoms. The van der Waals surface area contributed by atoms with Crippen LogP contribution in [0.1, 0.15) is 36.0 Å². The first-order valence-electron chi connectivity index (χ1n) is 9.50. The fourth-order valence-electron chi connectivity index (χ4n) is 3.68. The SMILES string of the molecule is O=C(c1cccnc1OC1CCN(C(=O)C2CCC2)C1)N1CCOCC1. The lowest BCUT2D eigenvalue weighted by molar-refractivity contribution is -0.137. The van der Waals surface area contributed by atoms with E-state index in [1.165, 1.54) is 0 Å². The van der Waals surface area contributed by atoms with Crippen LogP contribution in [0.15, 0.2) is 18.3 Å². The number of likely N-dealkylation sites (tertiary alicyclic amines) is 1. The van der Waals surface area contributed by atoms with Crippen LogP contribution in [0.2, 0.25) is 0 Å². The number of pyridine rings is 1. The first-order valence-corrected chi connectivity index (χ1v) is 9.50. The second-order valence-corrected chi connectivity index (χ2v) is 7.20. The van der Waals surface area contributed by atoms with Crippen LogP contribution in [-0.4, -0.2) is 72.1 Å². The van der Waals surface area contributed by atoms with Gasteiger partial charge in [0.05, 0.1) is 19.8 Å². The summed E-state index contributed by atoms with van der Waals surface area (Å²) in [5.41, 5.74) is 0.484. The van der Waals surface area contributed by atoms with E-state index in [0.29, 0.717) is 44.3 Å². The minimum atomic E-state index is -0.106. The second-order valence-electron chi connectivity index (χ2n) is 7.20. The van der Waals surface area contributed by atoms with Gasteiger partial charge in [-0.1, -0.05) is 6.42 Å². The molecule has 0 bridgehead atoms. The summed E-state index contributed by atoms with van der Waals surface area (Å²) in [6.07, 6.45) is 5.49. The maximum atomic E-state index is 12.8. The Morgan fingerprint density at radius 1 is 1.12 bits per heavy atom. The van der Waals surface area contributed by atoms with Gasteiger partial charge in [-0.05, 0) is 25.0 Å². The number of nitrogens with zero attached hydrogens (tertiary/aromatic N) is 3. The molecule has 2 amide bonds. The Kier molecular flexibility index (Phi) is 5.06. The molecule has 1 aromatic heterocycles. The topological polar surface area (TPSA) is 72.0 Å². The average Bonchev–Trinajstić information content (AvgIpc) is 3.09. The Hall–Kier alpha value is -2.15. The highest BCUT2D eigenvalue weighted by Gasteiger charge is 2.35. The van der Waals surface area contributed by atoms with E-state index in [1.807, 2.05) is 4.90 Å². The number of rotatable bonds is 4. The number of carbonyl (C=O) groups is 2. The van der Waals surface area contributed by atoms with E-state index in [2.05, 4.69) is 4.98 Å². The standard InChI is InChI=1S/C19H25N3O4/c23-18(14-3-1-4-14)22-8-6-15(13-22)26-17-16(5-2-7-20-17)19(24)21-9-11-25-12-10-21/h2,5,7,14-15H,1,3-4,6,8-13H2. The highest BCUT2D eigenvalue weighted by Crippen LogP contribution is 2.30. The van der Waals surface area contributed by atoms with Crippen LogP contribution in [0.25, 0.3) is 0 Å². The van der Waals surface area contributed by atoms with Gasteiger partial charge in [0.25, 0.3) is 5.91 Å². The zero-order chi connectivity index (χ0) is 17.9. The van der Waals surface area contributed by atoms with Crippen molar-refractivity contribution in [1.29, 1.82) is 0 Å². The molecule has 0 spiro atoms. The van der Waals surface area contributed by atoms with Crippen molar-refractivity contribution in [2.24, 2.45) is 5.92 Å². The normalized spacial score (nSPS) is 23.6. The maximum Gasteiger partial charge on any atom is 0.259 e. The van der Waals surface area contributed by atoms with Crippen molar-refractivity contribution in [2.75, 3.05) is 39.4 Å². The van der Waals surface area contributed by atoms with Crippen LogP contribution < -0.4 is 4.74 Å². The van der Waals surface area contributed by atoms with Gasteiger partial charge in [0.1, 0.15) is 11.7 Å². The summed E-state index contributed by atoms with van der Waals surface area (Å²) in [6.45, 7) is 3.59. The summed E-state index contributed by atoms with van der Waals surface area (Å²) >= 11 is 0. The molecule has 1 saturated carbocycles. The monoisotopic (exact) mass is 359 g/mol. The molecule has 1 unspecified atom stereocenters. The fourth-order valence-corrected chi connectivity index (χ4v) is 3.68. The van der Waals surface area contributed by atoms with Gasteiger partial charge in [0.2, 0.25) is 11.8 Å². The number of aromatic nitrogens is 1. The number of hydrogen-bond acceptors (Lipinski definition) is 5. The summed E-state index contributed by atoms with van der Waals surface area (Å²) in [5.74, 6) is 0.763. The lowest BCUT2D eigenvalue weighted by Gasteiger charge is -2.29. The van der Waals surface area contributed by atoms with Crippen LogP contribution in [0.3, 0.4) is 0 Å². The second kappa shape index (κ2) is 7.61. The summed E-state index contributed by atoms with van der Waals surface area (Å²) in [4.78, 5) is 33.1. The number of hydrogen-bond donors (Lipinski definition) is 0. The van der Waals surface area contributed by atoms with Gasteiger partial charge >= 0.3 is 0 Å². The Morgan fingerprint density at radius 3 is 2.65 bits per heavy atom. The van der Waals surface area contributed by atoms with Crippen molar-refractivity contribution >= 4 is 11.8 Å². The van der Waals surface area contributed by atoms with Crippen molar-refractivity contribution in [3.8, 4) is 5.88 Å². The van der Waals surface area contributed by atoms with E-state index in [-0.39, 0.29) is 23.8 Å². The third-order valence-corrected chi connectivity index (χ3v) is 5.49. The van der Waals surface area contributed by atoms with Crippen LogP contribution >= 0.6 is 0 Å². The summed E-state index contributed by atoms with van der Waals surface area (Å²) < 4.78 is 11.4. The van der Waals surface area contributed by atoms with Gasteiger partial charge < -0.3 is 19.3 Å². The van der Waals surface area contributed by atoms with Crippen LogP contribution in [0.4, 0.5) is 0 Å². The molecular weight excluding hydrogens is 334 g/mol. The Balaban J connectivity index is 1.40. The first-order chi connectivity index (χ1) is 12.7. The molecule has 2 aliphatic heterocycles. The predicted molar refractivity (Wildman–Crippen MR) is 93.9 cm³/mol. The van der Waals surface area contributed by atoms with E-state index >= 15 is 0 Å². The third kappa shape index (κ3) is 3.53. The zero-order valence-corrected chi connectivity index (χ0v) is 14.9. The minimum absolute atomic E-state index is 0.0724. The van der Waals surface area contributed by atoms with Crippen molar-refractivity contribution in [3.05, 3.63) is 23.9 Å². The first kappa shape index (κ1) is 17.3. The smallest absolute Gasteiger partial charge is 0.259 e. The van der Waals surface area contributed by atoms with Gasteiger partial charge in [0.15, 0.2) is 0 Å². The van der Waals surface area contributed by atoms with Gasteiger partial charge in [-0.25, -0.2) is 4.98 Å². The lowest BCUT2D eigenvalue weighted by atomic mass is 9.84. The zero-order valence-electron chi connectivity index (χ0n) is 14.9. The number of ether oxygens (including phenoxy) is 2. The quantitative estimate of drug-likeness (QED) is 0.811. The van der Waals surface area contributed by atoms with E-state index in [1.54, 1.807) is 23.2 Å². The van der Waals surface area contributed by atoms with E-state index in [4.69, 9.17) is 9.47 Å². The molecule has 0 aromatic carbocycles. The van der Waals surface area contributed by atoms with E-state index < -0.39 is 0 Å². The molecule has 4 rings (SSSR count). The van der Waals surface area contributed by atoms with Gasteiger partial charge in [-0.2, -0.15) is 0 Å². The van der Waals surface area contributed by atoms with Crippen molar-refractivity contribution in [2.45, 2.75) is 31.8 Å². The van der Waals surface area contributed by atoms with Gasteiger partial charge in [-0.15, -0.1) is 0 Å². The molecule has 7 nitrogen and oxygen atoms in total. The predicted octanol–water partition coefficient (Wildman–Crippen LogP) is 1.33. The molecule has 1 atom stereocenters. The number of morpholine rings is 1. The maximum absolute atomic E-state index is 12.8. The summed E-state index contributed by atoms with van der Waals surface area (Å²) in [6, 6.07) is 3.51. The Labute approximate surface area is 153 Å². The molecule has 3 heterocycles. The minimum Gasteiger partial charge on any atom is -0.472 e. The largest absolute Gasteiger partial charge is 0.472 e. The van der Waals surface area contributed by atoms with E-state index in [9.17, 15) is 9.59 Å². The molecule has 1 aromatic rings. The lowest BCUT2D eigenvalue weighted by Crippen LogP contribution is -2.41. The van der Waals surface area contributed by atoms with Crippen LogP contribution in [0, 0.1) is 5.92 Å². The summed E-state index contributed by atoms with van der Waals surface area (Å²) in [7, 11) is 0. The summed E-state index contributed by atoms with van der Waals surface area (Å²) in [5, 5.41) is 0. The molecule has 26 heavy (non-hydrogen) atoms. The molecular formula is C19H25N3O4. The number of carbonyl (C=O) groups excluding carboxylic acids is 2. The highest BCUT2D eigenvalue weighted by molar-refractivity contribution is 5.96. The average molecular weight is 359 g/mol. The van der Waals surface area contributed by atoms with Crippen molar-refractivity contribution in [3.63, 3.8) is 0 Å². The molecule has 3 fully saturated rings. The molecule has 0 N–H and O–H groups in total. The van der Waals surface area contributed by atoms with Crippen LogP contribution in [-0.2, 0) is 9.53 Å². The van der Waals surface area contributed by atoms with Crippen LogP contribution in [0.5, 0.6) is 5.88 Å². The highest BCUT2D eigenvalue weighted by atomic mass is 16.5. The Bertz CT molecular complexity index is 671.